The Hall–Kier alpha value is -2.84. The number of hydrogen-bond acceptors (Lipinski definition) is 8. The van der Waals surface area contributed by atoms with Crippen molar-refractivity contribution < 1.29 is 49.8 Å². The molecule has 1 aliphatic heterocycles. The number of aliphatic hydroxyl groups excluding tert-OH is 1. The third-order valence-electron chi connectivity index (χ3n) is 6.09. The van der Waals surface area contributed by atoms with Crippen LogP contribution in [0.5, 0.6) is 0 Å². The maximum Gasteiger partial charge on any atom is 0.523 e. The third-order valence-corrected chi connectivity index (χ3v) is 7.14. The van der Waals surface area contributed by atoms with Crippen molar-refractivity contribution in [1.29, 1.82) is 0 Å². The molecule has 216 valence electrons. The molecule has 0 spiro atoms. The zero-order chi connectivity index (χ0) is 28.6. The second-order valence-electron chi connectivity index (χ2n) is 9.05. The molecule has 3 aromatic carbocycles. The monoisotopic (exact) mass is 582 g/mol. The molecule has 3 aromatic rings. The summed E-state index contributed by atoms with van der Waals surface area (Å²) < 4.78 is 92.2. The quantitative estimate of drug-likeness (QED) is 0.249. The van der Waals surface area contributed by atoms with Crippen LogP contribution in [0, 0.1) is 0 Å². The number of rotatable bonds is 12. The van der Waals surface area contributed by atoms with Crippen molar-refractivity contribution in [3.8, 4) is 0 Å². The largest absolute Gasteiger partial charge is 0.523 e. The summed E-state index contributed by atoms with van der Waals surface area (Å²) in [6.07, 6.45) is -7.90. The summed E-state index contributed by atoms with van der Waals surface area (Å²) in [4.78, 5) is 0. The molecule has 5 atom stereocenters. The van der Waals surface area contributed by atoms with Gasteiger partial charge in [-0.05, 0) is 16.7 Å². The van der Waals surface area contributed by atoms with Crippen molar-refractivity contribution in [2.45, 2.75) is 56.0 Å². The first-order chi connectivity index (χ1) is 19.1. The van der Waals surface area contributed by atoms with Crippen LogP contribution in [0.25, 0.3) is 0 Å². The van der Waals surface area contributed by atoms with Crippen molar-refractivity contribution in [2.75, 3.05) is 6.61 Å². The summed E-state index contributed by atoms with van der Waals surface area (Å²) in [6, 6.07) is 26.4. The second kappa shape index (κ2) is 13.7. The maximum atomic E-state index is 13.4. The zero-order valence-electron chi connectivity index (χ0n) is 21.2. The van der Waals surface area contributed by atoms with Crippen LogP contribution in [0.1, 0.15) is 16.7 Å². The second-order valence-corrected chi connectivity index (χ2v) is 10.6. The number of alkyl halides is 3. The van der Waals surface area contributed by atoms with Gasteiger partial charge in [0.05, 0.1) is 26.4 Å². The highest BCUT2D eigenvalue weighted by Crippen LogP contribution is 2.34. The minimum atomic E-state index is -6.08. The average molecular weight is 583 g/mol. The summed E-state index contributed by atoms with van der Waals surface area (Å²) in [5, 5.41) is 10.9. The standard InChI is InChI=1S/C28H29F3O8S/c29-28(30,31)40(33,34)39-24-23(19-35-16-20-10-4-1-5-11-20)38-27(32)26(37-18-22-14-8-3-9-15-22)25(24)36-17-21-12-6-2-7-13-21/h1-15,23-27,32H,16-19H2/t23-,24+,25+,26+,27-/m1/s1. The lowest BCUT2D eigenvalue weighted by Crippen LogP contribution is -2.62. The van der Waals surface area contributed by atoms with Gasteiger partial charge in [-0.1, -0.05) is 91.0 Å². The minimum absolute atomic E-state index is 0.0546. The van der Waals surface area contributed by atoms with Gasteiger partial charge in [-0.15, -0.1) is 0 Å². The minimum Gasteiger partial charge on any atom is -0.374 e. The van der Waals surface area contributed by atoms with E-state index in [9.17, 15) is 26.7 Å². The Morgan fingerprint density at radius 2 is 1.15 bits per heavy atom. The molecular weight excluding hydrogens is 553 g/mol. The molecule has 1 aliphatic rings. The van der Waals surface area contributed by atoms with Gasteiger partial charge in [0.2, 0.25) is 0 Å². The van der Waals surface area contributed by atoms with E-state index in [-0.39, 0.29) is 19.8 Å². The highest BCUT2D eigenvalue weighted by molar-refractivity contribution is 7.87. The molecule has 0 unspecified atom stereocenters. The Morgan fingerprint density at radius 1 is 0.700 bits per heavy atom. The van der Waals surface area contributed by atoms with Crippen molar-refractivity contribution >= 4 is 10.1 Å². The first-order valence-electron chi connectivity index (χ1n) is 12.4. The molecule has 1 N–H and O–H groups in total. The molecule has 0 radical (unpaired) electrons. The van der Waals surface area contributed by atoms with Crippen LogP contribution < -0.4 is 0 Å². The highest BCUT2D eigenvalue weighted by Gasteiger charge is 2.55. The van der Waals surface area contributed by atoms with Crippen molar-refractivity contribution in [2.24, 2.45) is 0 Å². The van der Waals surface area contributed by atoms with Crippen LogP contribution in [-0.4, -0.2) is 56.3 Å². The van der Waals surface area contributed by atoms with Gasteiger partial charge in [0.15, 0.2) is 6.29 Å². The van der Waals surface area contributed by atoms with Gasteiger partial charge in [-0.2, -0.15) is 21.6 Å². The predicted octanol–water partition coefficient (Wildman–Crippen LogP) is 4.33. The van der Waals surface area contributed by atoms with Crippen LogP contribution in [0.15, 0.2) is 91.0 Å². The van der Waals surface area contributed by atoms with Crippen LogP contribution in [0.3, 0.4) is 0 Å². The van der Waals surface area contributed by atoms with Crippen molar-refractivity contribution in [3.05, 3.63) is 108 Å². The van der Waals surface area contributed by atoms with E-state index >= 15 is 0 Å². The molecule has 0 bridgehead atoms. The van der Waals surface area contributed by atoms with E-state index in [0.717, 1.165) is 5.56 Å². The van der Waals surface area contributed by atoms with Gasteiger partial charge >= 0.3 is 15.6 Å². The Bertz CT molecular complexity index is 1280. The fourth-order valence-corrected chi connectivity index (χ4v) is 4.75. The van der Waals surface area contributed by atoms with E-state index in [2.05, 4.69) is 0 Å². The fraction of sp³-hybridized carbons (Fsp3) is 0.357. The van der Waals surface area contributed by atoms with E-state index in [1.807, 2.05) is 0 Å². The number of benzene rings is 3. The molecule has 1 saturated heterocycles. The van der Waals surface area contributed by atoms with Gasteiger partial charge in [0.1, 0.15) is 24.4 Å². The van der Waals surface area contributed by atoms with Gasteiger partial charge in [0.25, 0.3) is 0 Å². The molecule has 4 rings (SSSR count). The summed E-state index contributed by atoms with van der Waals surface area (Å²) in [5.41, 5.74) is -3.59. The Kier molecular flexibility index (Phi) is 10.3. The number of hydrogen-bond donors (Lipinski definition) is 1. The van der Waals surface area contributed by atoms with E-state index < -0.39 is 52.9 Å². The number of ether oxygens (including phenoxy) is 4. The zero-order valence-corrected chi connectivity index (χ0v) is 22.0. The van der Waals surface area contributed by atoms with Gasteiger partial charge < -0.3 is 24.1 Å². The maximum absolute atomic E-state index is 13.4. The van der Waals surface area contributed by atoms with E-state index in [4.69, 9.17) is 23.1 Å². The summed E-state index contributed by atoms with van der Waals surface area (Å²) in [7, 11) is -6.08. The Labute approximate surface area is 230 Å². The van der Waals surface area contributed by atoms with Gasteiger partial charge in [-0.3, -0.25) is 4.18 Å². The smallest absolute Gasteiger partial charge is 0.374 e. The molecule has 0 aliphatic carbocycles. The lowest BCUT2D eigenvalue weighted by Gasteiger charge is -2.43. The van der Waals surface area contributed by atoms with E-state index in [1.54, 1.807) is 91.0 Å². The topological polar surface area (TPSA) is 101 Å². The molecule has 12 heteroatoms. The fourth-order valence-electron chi connectivity index (χ4n) is 4.11. The summed E-state index contributed by atoms with van der Waals surface area (Å²) in [6.45, 7) is -0.544. The van der Waals surface area contributed by atoms with E-state index in [0.29, 0.717) is 11.1 Å². The first-order valence-corrected chi connectivity index (χ1v) is 13.8. The highest BCUT2D eigenvalue weighted by atomic mass is 32.2. The van der Waals surface area contributed by atoms with Crippen molar-refractivity contribution in [3.63, 3.8) is 0 Å². The first kappa shape index (κ1) is 30.1. The third kappa shape index (κ3) is 8.10. The van der Waals surface area contributed by atoms with Crippen LogP contribution in [0.2, 0.25) is 0 Å². The molecular formula is C28H29F3O8S. The lowest BCUT2D eigenvalue weighted by atomic mass is 9.98. The molecule has 0 amide bonds. The number of aliphatic hydroxyl groups is 1. The Balaban J connectivity index is 1.61. The van der Waals surface area contributed by atoms with E-state index in [1.165, 1.54) is 0 Å². The molecule has 0 aromatic heterocycles. The summed E-state index contributed by atoms with van der Waals surface area (Å²) >= 11 is 0. The normalized spacial score (nSPS) is 23.6. The molecule has 1 fully saturated rings. The predicted molar refractivity (Wildman–Crippen MR) is 137 cm³/mol. The van der Waals surface area contributed by atoms with Gasteiger partial charge in [0, 0.05) is 0 Å². The van der Waals surface area contributed by atoms with Crippen LogP contribution >= 0.6 is 0 Å². The molecule has 40 heavy (non-hydrogen) atoms. The SMILES string of the molecule is O=S(=O)(O[C@@H]1[C@H](OCc2ccccc2)[C@H](OCc2ccccc2)[C@H](O)O[C@@H]1COCc1ccccc1)C(F)(F)F. The van der Waals surface area contributed by atoms with Crippen LogP contribution in [0.4, 0.5) is 13.2 Å². The lowest BCUT2D eigenvalue weighted by molar-refractivity contribution is -0.305. The van der Waals surface area contributed by atoms with Gasteiger partial charge in [-0.25, -0.2) is 0 Å². The molecule has 0 saturated carbocycles. The number of halogens is 3. The van der Waals surface area contributed by atoms with Crippen molar-refractivity contribution in [1.82, 2.24) is 0 Å². The molecule has 1 heterocycles. The molecule has 8 nitrogen and oxygen atoms in total. The Morgan fingerprint density at radius 3 is 1.62 bits per heavy atom. The van der Waals surface area contributed by atoms with Crippen LogP contribution in [-0.2, 0) is 53.1 Å². The summed E-state index contributed by atoms with van der Waals surface area (Å²) in [5.74, 6) is 0. The average Bonchev–Trinajstić information content (AvgIpc) is 2.94.